The summed E-state index contributed by atoms with van der Waals surface area (Å²) in [5, 5.41) is 6.28. The van der Waals surface area contributed by atoms with E-state index in [4.69, 9.17) is 4.74 Å². The van der Waals surface area contributed by atoms with Crippen LogP contribution >= 0.6 is 0 Å². The maximum atomic E-state index is 11.8. The lowest BCUT2D eigenvalue weighted by atomic mass is 10.1. The molecule has 1 aromatic carbocycles. The van der Waals surface area contributed by atoms with Crippen molar-refractivity contribution in [2.75, 3.05) is 13.2 Å². The third-order valence-electron chi connectivity index (χ3n) is 3.40. The highest BCUT2D eigenvalue weighted by Crippen LogP contribution is 2.23. The van der Waals surface area contributed by atoms with Gasteiger partial charge in [-0.15, -0.1) is 0 Å². The summed E-state index contributed by atoms with van der Waals surface area (Å²) in [6, 6.07) is 6.25. The van der Waals surface area contributed by atoms with Crippen LogP contribution in [0.2, 0.25) is 0 Å². The van der Waals surface area contributed by atoms with E-state index in [1.807, 2.05) is 39.0 Å². The molecule has 0 aliphatic carbocycles. The summed E-state index contributed by atoms with van der Waals surface area (Å²) < 4.78 is 5.75. The zero-order valence-corrected chi connectivity index (χ0v) is 13.7. The molecular formula is C17H28N2O2. The lowest BCUT2D eigenvalue weighted by Gasteiger charge is -2.16. The van der Waals surface area contributed by atoms with E-state index in [0.29, 0.717) is 0 Å². The van der Waals surface area contributed by atoms with Gasteiger partial charge in [-0.05, 0) is 38.8 Å². The summed E-state index contributed by atoms with van der Waals surface area (Å²) in [7, 11) is 0. The quantitative estimate of drug-likeness (QED) is 0.688. The third-order valence-corrected chi connectivity index (χ3v) is 3.40. The molecule has 0 aliphatic heterocycles. The minimum Gasteiger partial charge on any atom is -0.483 e. The first-order valence-electron chi connectivity index (χ1n) is 7.79. The molecule has 21 heavy (non-hydrogen) atoms. The van der Waals surface area contributed by atoms with Crippen LogP contribution in [0.25, 0.3) is 0 Å². The topological polar surface area (TPSA) is 50.4 Å². The highest BCUT2D eigenvalue weighted by molar-refractivity contribution is 5.77. The maximum absolute atomic E-state index is 11.8. The van der Waals surface area contributed by atoms with Gasteiger partial charge in [-0.3, -0.25) is 4.79 Å². The minimum atomic E-state index is -0.0694. The van der Waals surface area contributed by atoms with E-state index in [1.165, 1.54) is 0 Å². The highest BCUT2D eigenvalue weighted by Gasteiger charge is 2.10. The van der Waals surface area contributed by atoms with Crippen LogP contribution in [-0.4, -0.2) is 25.1 Å². The molecule has 0 saturated carbocycles. The first-order chi connectivity index (χ1) is 10.1. The van der Waals surface area contributed by atoms with Crippen molar-refractivity contribution in [3.05, 3.63) is 29.3 Å². The maximum Gasteiger partial charge on any atom is 0.258 e. The van der Waals surface area contributed by atoms with Crippen LogP contribution in [0, 0.1) is 6.92 Å². The summed E-state index contributed by atoms with van der Waals surface area (Å²) in [4.78, 5) is 11.8. The van der Waals surface area contributed by atoms with E-state index in [1.54, 1.807) is 0 Å². The predicted octanol–water partition coefficient (Wildman–Crippen LogP) is 2.79. The Bertz CT molecular complexity index is 446. The molecule has 2 N–H and O–H groups in total. The summed E-state index contributed by atoms with van der Waals surface area (Å²) in [5.74, 6) is 0.750. The number of nitrogens with one attached hydrogen (secondary N) is 2. The normalized spacial score (nSPS) is 12.0. The van der Waals surface area contributed by atoms with Gasteiger partial charge in [0.25, 0.3) is 5.91 Å². The molecule has 1 unspecified atom stereocenters. The van der Waals surface area contributed by atoms with Gasteiger partial charge >= 0.3 is 0 Å². The summed E-state index contributed by atoms with van der Waals surface area (Å²) in [6.45, 7) is 9.98. The van der Waals surface area contributed by atoms with Crippen LogP contribution in [0.1, 0.15) is 44.7 Å². The zero-order valence-electron chi connectivity index (χ0n) is 13.7. The molecule has 1 amide bonds. The number of rotatable bonds is 9. The van der Waals surface area contributed by atoms with Crippen LogP contribution in [0.15, 0.2) is 18.2 Å². The van der Waals surface area contributed by atoms with Crippen molar-refractivity contribution in [1.82, 2.24) is 10.6 Å². The summed E-state index contributed by atoms with van der Waals surface area (Å²) >= 11 is 0. The zero-order chi connectivity index (χ0) is 15.7. The summed E-state index contributed by atoms with van der Waals surface area (Å²) in [6.07, 6.45) is 2.02. The number of aryl methyl sites for hydroxylation is 1. The monoisotopic (exact) mass is 292 g/mol. The van der Waals surface area contributed by atoms with E-state index < -0.39 is 0 Å². The van der Waals surface area contributed by atoms with Gasteiger partial charge in [-0.25, -0.2) is 0 Å². The Labute approximate surface area is 128 Å². The van der Waals surface area contributed by atoms with Crippen LogP contribution in [0.4, 0.5) is 0 Å². The van der Waals surface area contributed by atoms with Crippen molar-refractivity contribution in [3.63, 3.8) is 0 Å². The number of hydrogen-bond acceptors (Lipinski definition) is 3. The third kappa shape index (κ3) is 6.17. The second-order valence-corrected chi connectivity index (χ2v) is 5.41. The fraction of sp³-hybridized carbons (Fsp3) is 0.588. The van der Waals surface area contributed by atoms with Gasteiger partial charge in [-0.2, -0.15) is 0 Å². The number of carbonyl (C=O) groups is 1. The molecule has 0 aromatic heterocycles. The molecule has 0 fully saturated rings. The average molecular weight is 292 g/mol. The molecule has 0 heterocycles. The van der Waals surface area contributed by atoms with Crippen molar-refractivity contribution < 1.29 is 9.53 Å². The van der Waals surface area contributed by atoms with Gasteiger partial charge < -0.3 is 15.4 Å². The largest absolute Gasteiger partial charge is 0.483 e. The SMILES string of the molecule is CCCNCc1cccc(C)c1OCC(=O)NC(C)CC. The first-order valence-corrected chi connectivity index (χ1v) is 7.79. The molecule has 0 saturated heterocycles. The van der Waals surface area contributed by atoms with Crippen LogP contribution in [-0.2, 0) is 11.3 Å². The van der Waals surface area contributed by atoms with Gasteiger partial charge in [0.15, 0.2) is 6.61 Å². The molecular weight excluding hydrogens is 264 g/mol. The predicted molar refractivity (Wildman–Crippen MR) is 86.6 cm³/mol. The Kier molecular flexibility index (Phi) is 7.83. The van der Waals surface area contributed by atoms with Crippen molar-refractivity contribution in [3.8, 4) is 5.75 Å². The Morgan fingerprint density at radius 1 is 1.33 bits per heavy atom. The van der Waals surface area contributed by atoms with Gasteiger partial charge in [0.05, 0.1) is 0 Å². The van der Waals surface area contributed by atoms with Gasteiger partial charge in [0, 0.05) is 18.2 Å². The number of benzene rings is 1. The number of ether oxygens (including phenoxy) is 1. The molecule has 4 heteroatoms. The first kappa shape index (κ1) is 17.5. The van der Waals surface area contributed by atoms with E-state index in [9.17, 15) is 4.79 Å². The van der Waals surface area contributed by atoms with Crippen molar-refractivity contribution in [1.29, 1.82) is 0 Å². The fourth-order valence-corrected chi connectivity index (χ4v) is 2.02. The molecule has 4 nitrogen and oxygen atoms in total. The second kappa shape index (κ2) is 9.40. The molecule has 0 aliphatic rings. The van der Waals surface area contributed by atoms with Gasteiger partial charge in [0.2, 0.25) is 0 Å². The highest BCUT2D eigenvalue weighted by atomic mass is 16.5. The van der Waals surface area contributed by atoms with E-state index >= 15 is 0 Å². The number of hydrogen-bond donors (Lipinski definition) is 2. The average Bonchev–Trinajstić information content (AvgIpc) is 2.46. The van der Waals surface area contributed by atoms with E-state index in [-0.39, 0.29) is 18.6 Å². The Hall–Kier alpha value is -1.55. The Morgan fingerprint density at radius 2 is 2.10 bits per heavy atom. The van der Waals surface area contributed by atoms with E-state index in [2.05, 4.69) is 17.6 Å². The molecule has 0 radical (unpaired) electrons. The van der Waals surface area contributed by atoms with Crippen LogP contribution in [0.5, 0.6) is 5.75 Å². The standard InChI is InChI=1S/C17H28N2O2/c1-5-10-18-11-15-9-7-8-13(3)17(15)21-12-16(20)19-14(4)6-2/h7-9,14,18H,5-6,10-12H2,1-4H3,(H,19,20). The number of carbonyl (C=O) groups excluding carboxylic acids is 1. The lowest BCUT2D eigenvalue weighted by molar-refractivity contribution is -0.123. The molecule has 1 atom stereocenters. The number of amides is 1. The second-order valence-electron chi connectivity index (χ2n) is 5.41. The molecule has 1 rings (SSSR count). The van der Waals surface area contributed by atoms with Crippen LogP contribution < -0.4 is 15.4 Å². The summed E-state index contributed by atoms with van der Waals surface area (Å²) in [5.41, 5.74) is 2.15. The van der Waals surface area contributed by atoms with E-state index in [0.717, 1.165) is 42.8 Å². The fourth-order valence-electron chi connectivity index (χ4n) is 2.02. The van der Waals surface area contributed by atoms with Crippen molar-refractivity contribution in [2.45, 2.75) is 53.1 Å². The molecule has 118 valence electrons. The minimum absolute atomic E-state index is 0.0654. The lowest BCUT2D eigenvalue weighted by Crippen LogP contribution is -2.35. The Morgan fingerprint density at radius 3 is 2.76 bits per heavy atom. The van der Waals surface area contributed by atoms with Crippen molar-refractivity contribution >= 4 is 5.91 Å². The van der Waals surface area contributed by atoms with Crippen LogP contribution in [0.3, 0.4) is 0 Å². The Balaban J connectivity index is 2.62. The molecule has 1 aromatic rings. The number of para-hydroxylation sites is 1. The molecule has 0 bridgehead atoms. The smallest absolute Gasteiger partial charge is 0.258 e. The van der Waals surface area contributed by atoms with Crippen molar-refractivity contribution in [2.24, 2.45) is 0 Å². The van der Waals surface area contributed by atoms with Gasteiger partial charge in [-0.1, -0.05) is 32.0 Å². The molecule has 0 spiro atoms. The van der Waals surface area contributed by atoms with Gasteiger partial charge in [0.1, 0.15) is 5.75 Å².